The van der Waals surface area contributed by atoms with E-state index in [9.17, 15) is 9.59 Å². The molecule has 1 fully saturated rings. The second-order valence-electron chi connectivity index (χ2n) is 7.07. The van der Waals surface area contributed by atoms with Gasteiger partial charge in [-0.05, 0) is 32.9 Å². The van der Waals surface area contributed by atoms with Crippen molar-refractivity contribution in [1.29, 1.82) is 0 Å². The minimum absolute atomic E-state index is 0.0108. The number of hydrogen-bond acceptors (Lipinski definition) is 4. The Labute approximate surface area is 154 Å². The number of carbonyl (C=O) groups excluding carboxylic acids is 2. The summed E-state index contributed by atoms with van der Waals surface area (Å²) in [5.74, 6) is 0.207. The van der Waals surface area contributed by atoms with Crippen LogP contribution >= 0.6 is 0 Å². The monoisotopic (exact) mass is 354 g/mol. The molecule has 0 aliphatic carbocycles. The molecule has 1 saturated heterocycles. The molecule has 26 heavy (non-hydrogen) atoms. The molecule has 2 aromatic rings. The Morgan fingerprint density at radius 2 is 1.96 bits per heavy atom. The first-order chi connectivity index (χ1) is 12.4. The standard InChI is InChI=1S/C20H26N4O2/c1-13-12-23(11-10-18(13)25)16(4)20(26)21-19-14(2)22-24(15(19)3)17-8-6-5-7-9-17/h5-9,13,16H,10-12H2,1-4H3,(H,21,26)/t13-,16+/m1/s1. The summed E-state index contributed by atoms with van der Waals surface area (Å²) >= 11 is 0. The highest BCUT2D eigenvalue weighted by atomic mass is 16.2. The molecule has 2 heterocycles. The highest BCUT2D eigenvalue weighted by molar-refractivity contribution is 5.95. The molecule has 0 radical (unpaired) electrons. The number of nitrogens with zero attached hydrogens (tertiary/aromatic N) is 3. The van der Waals surface area contributed by atoms with Crippen LogP contribution in [-0.2, 0) is 9.59 Å². The van der Waals surface area contributed by atoms with E-state index in [1.807, 2.05) is 62.7 Å². The number of carbonyl (C=O) groups is 2. The normalized spacial score (nSPS) is 19.4. The molecule has 1 N–H and O–H groups in total. The Balaban J connectivity index is 1.75. The largest absolute Gasteiger partial charge is 0.322 e. The minimum atomic E-state index is -0.288. The lowest BCUT2D eigenvalue weighted by Gasteiger charge is -2.33. The van der Waals surface area contributed by atoms with Gasteiger partial charge in [0.2, 0.25) is 5.91 Å². The molecule has 0 spiro atoms. The summed E-state index contributed by atoms with van der Waals surface area (Å²) in [6.07, 6.45) is 0.517. The van der Waals surface area contributed by atoms with Gasteiger partial charge in [-0.25, -0.2) is 4.68 Å². The summed E-state index contributed by atoms with van der Waals surface area (Å²) in [6, 6.07) is 9.57. The number of aromatic nitrogens is 2. The average molecular weight is 354 g/mol. The van der Waals surface area contributed by atoms with E-state index in [1.165, 1.54) is 0 Å². The number of ketones is 1. The van der Waals surface area contributed by atoms with Gasteiger partial charge in [-0.1, -0.05) is 25.1 Å². The van der Waals surface area contributed by atoms with Gasteiger partial charge >= 0.3 is 0 Å². The Morgan fingerprint density at radius 3 is 2.62 bits per heavy atom. The van der Waals surface area contributed by atoms with Gasteiger partial charge in [0.1, 0.15) is 5.78 Å². The van der Waals surface area contributed by atoms with E-state index in [-0.39, 0.29) is 23.7 Å². The number of aryl methyl sites for hydroxylation is 1. The zero-order valence-electron chi connectivity index (χ0n) is 15.8. The summed E-state index contributed by atoms with van der Waals surface area (Å²) in [5, 5.41) is 7.61. The van der Waals surface area contributed by atoms with Crippen LogP contribution in [0, 0.1) is 19.8 Å². The Kier molecular flexibility index (Phi) is 5.23. The van der Waals surface area contributed by atoms with Crippen molar-refractivity contribution in [2.24, 2.45) is 5.92 Å². The zero-order valence-corrected chi connectivity index (χ0v) is 15.8. The van der Waals surface area contributed by atoms with Crippen LogP contribution < -0.4 is 5.32 Å². The van der Waals surface area contributed by atoms with E-state index in [0.717, 1.165) is 22.8 Å². The molecule has 0 bridgehead atoms. The smallest absolute Gasteiger partial charge is 0.241 e. The molecule has 2 atom stereocenters. The van der Waals surface area contributed by atoms with E-state index in [0.29, 0.717) is 19.5 Å². The average Bonchev–Trinajstić information content (AvgIpc) is 2.92. The van der Waals surface area contributed by atoms with Gasteiger partial charge in [0.15, 0.2) is 0 Å². The third-order valence-corrected chi connectivity index (χ3v) is 5.17. The highest BCUT2D eigenvalue weighted by Crippen LogP contribution is 2.24. The predicted molar refractivity (Wildman–Crippen MR) is 101 cm³/mol. The number of para-hydroxylation sites is 1. The van der Waals surface area contributed by atoms with Crippen LogP contribution in [0.5, 0.6) is 0 Å². The van der Waals surface area contributed by atoms with Crippen molar-refractivity contribution >= 4 is 17.4 Å². The highest BCUT2D eigenvalue weighted by Gasteiger charge is 2.30. The van der Waals surface area contributed by atoms with Crippen molar-refractivity contribution in [3.8, 4) is 5.69 Å². The van der Waals surface area contributed by atoms with Crippen molar-refractivity contribution in [3.05, 3.63) is 41.7 Å². The molecule has 1 aliphatic rings. The summed E-state index contributed by atoms with van der Waals surface area (Å²) < 4.78 is 1.84. The molecule has 1 aromatic carbocycles. The second-order valence-corrected chi connectivity index (χ2v) is 7.07. The maximum atomic E-state index is 12.8. The number of rotatable bonds is 4. The fourth-order valence-corrected chi connectivity index (χ4v) is 3.43. The third kappa shape index (κ3) is 3.55. The number of hydrogen-bond donors (Lipinski definition) is 1. The van der Waals surface area contributed by atoms with Gasteiger partial charge in [0.25, 0.3) is 0 Å². The van der Waals surface area contributed by atoms with Crippen LogP contribution in [0.2, 0.25) is 0 Å². The minimum Gasteiger partial charge on any atom is -0.322 e. The summed E-state index contributed by atoms with van der Waals surface area (Å²) in [5.41, 5.74) is 3.40. The maximum Gasteiger partial charge on any atom is 0.241 e. The lowest BCUT2D eigenvalue weighted by molar-refractivity contribution is -0.129. The molecular formula is C20H26N4O2. The summed E-state index contributed by atoms with van der Waals surface area (Å²) in [4.78, 5) is 26.6. The lowest BCUT2D eigenvalue weighted by atomic mass is 9.97. The molecule has 6 heteroatoms. The molecule has 138 valence electrons. The van der Waals surface area contributed by atoms with Crippen LogP contribution in [0.25, 0.3) is 5.69 Å². The van der Waals surface area contributed by atoms with Crippen molar-refractivity contribution in [2.75, 3.05) is 18.4 Å². The van der Waals surface area contributed by atoms with Crippen molar-refractivity contribution in [1.82, 2.24) is 14.7 Å². The van der Waals surface area contributed by atoms with E-state index >= 15 is 0 Å². The van der Waals surface area contributed by atoms with Crippen LogP contribution in [-0.4, -0.2) is 45.5 Å². The second kappa shape index (κ2) is 7.41. The molecule has 1 aliphatic heterocycles. The SMILES string of the molecule is Cc1nn(-c2ccccc2)c(C)c1NC(=O)[C@H](C)N1CCC(=O)[C@H](C)C1. The Morgan fingerprint density at radius 1 is 1.27 bits per heavy atom. The Bertz CT molecular complexity index is 813. The Hall–Kier alpha value is -2.47. The summed E-state index contributed by atoms with van der Waals surface area (Å²) in [6.45, 7) is 8.94. The van der Waals surface area contributed by atoms with Crippen LogP contribution in [0.4, 0.5) is 5.69 Å². The van der Waals surface area contributed by atoms with E-state index < -0.39 is 0 Å². The van der Waals surface area contributed by atoms with Crippen LogP contribution in [0.15, 0.2) is 30.3 Å². The van der Waals surface area contributed by atoms with E-state index in [4.69, 9.17) is 0 Å². The van der Waals surface area contributed by atoms with Crippen molar-refractivity contribution < 1.29 is 9.59 Å². The zero-order chi connectivity index (χ0) is 18.8. The maximum absolute atomic E-state index is 12.8. The fraction of sp³-hybridized carbons (Fsp3) is 0.450. The number of anilines is 1. The molecular weight excluding hydrogens is 328 g/mol. The van der Waals surface area contributed by atoms with Gasteiger partial charge in [-0.15, -0.1) is 0 Å². The number of Topliss-reactive ketones (excluding diaryl/α,β-unsaturated/α-hetero) is 1. The number of nitrogens with one attached hydrogen (secondary N) is 1. The topological polar surface area (TPSA) is 67.2 Å². The molecule has 3 rings (SSSR count). The van der Waals surface area contributed by atoms with Gasteiger partial charge in [-0.3, -0.25) is 14.5 Å². The quantitative estimate of drug-likeness (QED) is 0.917. The van der Waals surface area contributed by atoms with E-state index in [2.05, 4.69) is 15.3 Å². The van der Waals surface area contributed by atoms with Crippen molar-refractivity contribution in [3.63, 3.8) is 0 Å². The number of amides is 1. The molecule has 0 unspecified atom stereocenters. The molecule has 0 saturated carbocycles. The number of benzene rings is 1. The van der Waals surface area contributed by atoms with Gasteiger partial charge < -0.3 is 5.32 Å². The van der Waals surface area contributed by atoms with Gasteiger partial charge in [0.05, 0.1) is 28.8 Å². The third-order valence-electron chi connectivity index (χ3n) is 5.17. The first-order valence-electron chi connectivity index (χ1n) is 9.07. The van der Waals surface area contributed by atoms with Crippen LogP contribution in [0.1, 0.15) is 31.7 Å². The molecule has 1 amide bonds. The van der Waals surface area contributed by atoms with Gasteiger partial charge in [-0.2, -0.15) is 5.10 Å². The lowest BCUT2D eigenvalue weighted by Crippen LogP contribution is -2.49. The molecule has 1 aromatic heterocycles. The molecule has 6 nitrogen and oxygen atoms in total. The first kappa shape index (κ1) is 18.3. The van der Waals surface area contributed by atoms with Crippen LogP contribution in [0.3, 0.4) is 0 Å². The number of likely N-dealkylation sites (tertiary alicyclic amines) is 1. The van der Waals surface area contributed by atoms with Gasteiger partial charge in [0, 0.05) is 25.4 Å². The number of piperidine rings is 1. The summed E-state index contributed by atoms with van der Waals surface area (Å²) in [7, 11) is 0. The predicted octanol–water partition coefficient (Wildman–Crippen LogP) is 2.73. The fourth-order valence-electron chi connectivity index (χ4n) is 3.43. The van der Waals surface area contributed by atoms with Crippen molar-refractivity contribution in [2.45, 2.75) is 40.2 Å². The van der Waals surface area contributed by atoms with E-state index in [1.54, 1.807) is 0 Å². The first-order valence-corrected chi connectivity index (χ1v) is 9.07.